The molecule has 0 saturated heterocycles. The van der Waals surface area contributed by atoms with Gasteiger partial charge in [0, 0.05) is 31.9 Å². The molecule has 0 fully saturated rings. The lowest BCUT2D eigenvalue weighted by Crippen LogP contribution is -2.35. The summed E-state index contributed by atoms with van der Waals surface area (Å²) in [5.41, 5.74) is 2.80. The predicted octanol–water partition coefficient (Wildman–Crippen LogP) is 2.64. The number of anilines is 1. The monoisotopic (exact) mass is 206 g/mol. The Labute approximate surface area is 93.3 Å². The zero-order chi connectivity index (χ0) is 11.5. The Morgan fingerprint density at radius 3 is 2.27 bits per heavy atom. The summed E-state index contributed by atoms with van der Waals surface area (Å²) in [6.07, 6.45) is 0. The van der Waals surface area contributed by atoms with Crippen LogP contribution >= 0.6 is 0 Å². The molecule has 0 saturated carbocycles. The van der Waals surface area contributed by atoms with E-state index in [1.807, 2.05) is 0 Å². The third-order valence-electron chi connectivity index (χ3n) is 2.28. The summed E-state index contributed by atoms with van der Waals surface area (Å²) >= 11 is 0. The van der Waals surface area contributed by atoms with Crippen LogP contribution in [0.1, 0.15) is 26.3 Å². The number of nitrogens with zero attached hydrogens (tertiary/aromatic N) is 1. The molecule has 2 nitrogen and oxygen atoms in total. The number of rotatable bonds is 3. The Balaban J connectivity index is 2.76. The molecule has 84 valence electrons. The maximum Gasteiger partial charge on any atom is 0.0406 e. The SMILES string of the molecule is CN(C)c1ccccc1CNC(C)(C)C. The number of benzene rings is 1. The van der Waals surface area contributed by atoms with Gasteiger partial charge in [0.2, 0.25) is 0 Å². The minimum Gasteiger partial charge on any atom is -0.377 e. The molecule has 0 heterocycles. The lowest BCUT2D eigenvalue weighted by Gasteiger charge is -2.23. The molecule has 1 aromatic carbocycles. The second-order valence-electron chi connectivity index (χ2n) is 5.13. The number of hydrogen-bond donors (Lipinski definition) is 1. The first kappa shape index (κ1) is 12.1. The highest BCUT2D eigenvalue weighted by molar-refractivity contribution is 5.52. The van der Waals surface area contributed by atoms with Crippen molar-refractivity contribution in [3.63, 3.8) is 0 Å². The fraction of sp³-hybridized carbons (Fsp3) is 0.538. The molecule has 0 aromatic heterocycles. The molecular formula is C13H22N2. The van der Waals surface area contributed by atoms with Gasteiger partial charge in [0.25, 0.3) is 0 Å². The molecule has 0 aliphatic rings. The smallest absolute Gasteiger partial charge is 0.0406 e. The zero-order valence-electron chi connectivity index (χ0n) is 10.5. The van der Waals surface area contributed by atoms with E-state index in [1.54, 1.807) is 0 Å². The van der Waals surface area contributed by atoms with Gasteiger partial charge in [0.15, 0.2) is 0 Å². The van der Waals surface area contributed by atoms with Gasteiger partial charge in [-0.05, 0) is 32.4 Å². The molecule has 0 aliphatic heterocycles. The maximum atomic E-state index is 3.51. The molecule has 0 amide bonds. The summed E-state index contributed by atoms with van der Waals surface area (Å²) in [5.74, 6) is 0. The maximum absolute atomic E-state index is 3.51. The van der Waals surface area contributed by atoms with Gasteiger partial charge in [-0.25, -0.2) is 0 Å². The van der Waals surface area contributed by atoms with Gasteiger partial charge in [0.1, 0.15) is 0 Å². The summed E-state index contributed by atoms with van der Waals surface area (Å²) in [4.78, 5) is 2.15. The minimum atomic E-state index is 0.166. The summed E-state index contributed by atoms with van der Waals surface area (Å²) in [7, 11) is 4.16. The Bertz CT molecular complexity index is 311. The van der Waals surface area contributed by atoms with E-state index < -0.39 is 0 Å². The van der Waals surface area contributed by atoms with Gasteiger partial charge in [-0.15, -0.1) is 0 Å². The van der Waals surface area contributed by atoms with Gasteiger partial charge in [-0.1, -0.05) is 18.2 Å². The van der Waals surface area contributed by atoms with Gasteiger partial charge >= 0.3 is 0 Å². The Hall–Kier alpha value is -1.02. The Morgan fingerprint density at radius 2 is 1.73 bits per heavy atom. The first-order chi connectivity index (χ1) is 6.90. The quantitative estimate of drug-likeness (QED) is 0.818. The van der Waals surface area contributed by atoms with Crippen molar-refractivity contribution >= 4 is 5.69 Å². The van der Waals surface area contributed by atoms with Crippen LogP contribution in [0.2, 0.25) is 0 Å². The standard InChI is InChI=1S/C13H22N2/c1-13(2,3)14-10-11-8-6-7-9-12(11)15(4)5/h6-9,14H,10H2,1-5H3. The largest absolute Gasteiger partial charge is 0.377 e. The van der Waals surface area contributed by atoms with Crippen molar-refractivity contribution in [2.45, 2.75) is 32.9 Å². The van der Waals surface area contributed by atoms with E-state index >= 15 is 0 Å². The summed E-state index contributed by atoms with van der Waals surface area (Å²) in [5, 5.41) is 3.51. The fourth-order valence-corrected chi connectivity index (χ4v) is 1.46. The van der Waals surface area contributed by atoms with Crippen molar-refractivity contribution in [2.24, 2.45) is 0 Å². The molecule has 2 heteroatoms. The van der Waals surface area contributed by atoms with E-state index in [2.05, 4.69) is 69.3 Å². The van der Waals surface area contributed by atoms with E-state index in [0.717, 1.165) is 6.54 Å². The highest BCUT2D eigenvalue weighted by Crippen LogP contribution is 2.18. The van der Waals surface area contributed by atoms with Gasteiger partial charge in [-0.3, -0.25) is 0 Å². The average Bonchev–Trinajstić information content (AvgIpc) is 2.14. The van der Waals surface area contributed by atoms with Crippen LogP contribution in [-0.2, 0) is 6.54 Å². The van der Waals surface area contributed by atoms with Crippen LogP contribution in [0, 0.1) is 0 Å². The third-order valence-corrected chi connectivity index (χ3v) is 2.28. The van der Waals surface area contributed by atoms with Crippen LogP contribution in [0.15, 0.2) is 24.3 Å². The van der Waals surface area contributed by atoms with Crippen LogP contribution < -0.4 is 10.2 Å². The second-order valence-corrected chi connectivity index (χ2v) is 5.13. The molecule has 0 radical (unpaired) electrons. The lowest BCUT2D eigenvalue weighted by atomic mass is 10.1. The first-order valence-electron chi connectivity index (χ1n) is 5.40. The van der Waals surface area contributed by atoms with E-state index in [0.29, 0.717) is 0 Å². The van der Waals surface area contributed by atoms with Crippen molar-refractivity contribution in [1.29, 1.82) is 0 Å². The first-order valence-corrected chi connectivity index (χ1v) is 5.40. The van der Waals surface area contributed by atoms with Crippen LogP contribution in [0.5, 0.6) is 0 Å². The number of para-hydroxylation sites is 1. The molecule has 0 bridgehead atoms. The summed E-state index contributed by atoms with van der Waals surface area (Å²) in [6.45, 7) is 7.47. The van der Waals surface area contributed by atoms with E-state index in [-0.39, 0.29) is 5.54 Å². The zero-order valence-corrected chi connectivity index (χ0v) is 10.5. The number of hydrogen-bond acceptors (Lipinski definition) is 2. The van der Waals surface area contributed by atoms with Crippen LogP contribution in [-0.4, -0.2) is 19.6 Å². The Kier molecular flexibility index (Phi) is 3.75. The molecule has 0 spiro atoms. The molecule has 1 aromatic rings. The summed E-state index contributed by atoms with van der Waals surface area (Å²) < 4.78 is 0. The highest BCUT2D eigenvalue weighted by Gasteiger charge is 2.10. The lowest BCUT2D eigenvalue weighted by molar-refractivity contribution is 0.424. The summed E-state index contributed by atoms with van der Waals surface area (Å²) in [6, 6.07) is 8.50. The predicted molar refractivity (Wildman–Crippen MR) is 67.4 cm³/mol. The van der Waals surface area contributed by atoms with Crippen molar-refractivity contribution in [3.8, 4) is 0 Å². The third kappa shape index (κ3) is 3.92. The van der Waals surface area contributed by atoms with Crippen LogP contribution in [0.25, 0.3) is 0 Å². The molecule has 0 atom stereocenters. The number of nitrogens with one attached hydrogen (secondary N) is 1. The topological polar surface area (TPSA) is 15.3 Å². The minimum absolute atomic E-state index is 0.166. The van der Waals surface area contributed by atoms with Crippen molar-refractivity contribution in [3.05, 3.63) is 29.8 Å². The van der Waals surface area contributed by atoms with E-state index in [9.17, 15) is 0 Å². The molecule has 1 N–H and O–H groups in total. The van der Waals surface area contributed by atoms with Crippen molar-refractivity contribution in [1.82, 2.24) is 5.32 Å². The van der Waals surface area contributed by atoms with Crippen LogP contribution in [0.3, 0.4) is 0 Å². The Morgan fingerprint density at radius 1 is 1.13 bits per heavy atom. The molecular weight excluding hydrogens is 184 g/mol. The van der Waals surface area contributed by atoms with Crippen molar-refractivity contribution in [2.75, 3.05) is 19.0 Å². The van der Waals surface area contributed by atoms with Gasteiger partial charge in [0.05, 0.1) is 0 Å². The molecule has 1 rings (SSSR count). The normalized spacial score (nSPS) is 11.5. The van der Waals surface area contributed by atoms with Crippen molar-refractivity contribution < 1.29 is 0 Å². The van der Waals surface area contributed by atoms with E-state index in [4.69, 9.17) is 0 Å². The molecule has 15 heavy (non-hydrogen) atoms. The van der Waals surface area contributed by atoms with Crippen LogP contribution in [0.4, 0.5) is 5.69 Å². The van der Waals surface area contributed by atoms with E-state index in [1.165, 1.54) is 11.3 Å². The highest BCUT2D eigenvalue weighted by atomic mass is 15.1. The molecule has 0 unspecified atom stereocenters. The average molecular weight is 206 g/mol. The van der Waals surface area contributed by atoms with Gasteiger partial charge < -0.3 is 10.2 Å². The fourth-order valence-electron chi connectivity index (χ4n) is 1.46. The molecule has 0 aliphatic carbocycles. The van der Waals surface area contributed by atoms with Gasteiger partial charge in [-0.2, -0.15) is 0 Å². The second kappa shape index (κ2) is 4.67.